The summed E-state index contributed by atoms with van der Waals surface area (Å²) in [5, 5.41) is 10.8. The Morgan fingerprint density at radius 3 is 2.82 bits per heavy atom. The summed E-state index contributed by atoms with van der Waals surface area (Å²) in [4.78, 5) is 16.7. The quantitative estimate of drug-likeness (QED) is 0.561. The Hall–Kier alpha value is -3.41. The van der Waals surface area contributed by atoms with Crippen molar-refractivity contribution in [2.45, 2.75) is 45.6 Å². The summed E-state index contributed by atoms with van der Waals surface area (Å²) in [6, 6.07) is 14.2. The summed E-state index contributed by atoms with van der Waals surface area (Å²) in [5.41, 5.74) is 6.18. The molecule has 0 spiro atoms. The van der Waals surface area contributed by atoms with Crippen molar-refractivity contribution in [3.63, 3.8) is 0 Å². The second-order valence-corrected chi connectivity index (χ2v) is 9.38. The van der Waals surface area contributed by atoms with Crippen molar-refractivity contribution >= 4 is 12.1 Å². The van der Waals surface area contributed by atoms with Crippen LogP contribution in [0.15, 0.2) is 66.6 Å². The van der Waals surface area contributed by atoms with Gasteiger partial charge in [-0.3, -0.25) is 4.98 Å². The van der Waals surface area contributed by atoms with Crippen LogP contribution in [0.2, 0.25) is 0 Å². The minimum Gasteiger partial charge on any atom is -0.338 e. The first-order chi connectivity index (χ1) is 16.1. The van der Waals surface area contributed by atoms with Crippen LogP contribution in [0.1, 0.15) is 56.0 Å². The smallest absolute Gasteiger partial charge is 0.315 e. The average molecular weight is 442 g/mol. The van der Waals surface area contributed by atoms with Crippen LogP contribution in [0.5, 0.6) is 0 Å². The van der Waals surface area contributed by atoms with Crippen LogP contribution in [0, 0.1) is 11.3 Å². The lowest BCUT2D eigenvalue weighted by Gasteiger charge is -2.37. The number of rotatable bonds is 6. The molecule has 1 saturated carbocycles. The van der Waals surface area contributed by atoms with Gasteiger partial charge in [0.25, 0.3) is 0 Å². The summed E-state index contributed by atoms with van der Waals surface area (Å²) < 4.78 is 2.01. The van der Waals surface area contributed by atoms with Gasteiger partial charge in [0.1, 0.15) is 0 Å². The minimum absolute atomic E-state index is 0.0153. The van der Waals surface area contributed by atoms with E-state index in [1.165, 1.54) is 16.8 Å². The monoisotopic (exact) mass is 441 g/mol. The number of nitrogens with zero attached hydrogens (tertiary/aromatic N) is 3. The van der Waals surface area contributed by atoms with Gasteiger partial charge in [-0.2, -0.15) is 5.10 Å². The van der Waals surface area contributed by atoms with Crippen molar-refractivity contribution in [3.8, 4) is 5.69 Å². The number of hydrogen-bond donors (Lipinski definition) is 2. The molecule has 0 bridgehead atoms. The van der Waals surface area contributed by atoms with E-state index < -0.39 is 0 Å². The highest BCUT2D eigenvalue weighted by Crippen LogP contribution is 2.55. The number of pyridine rings is 1. The van der Waals surface area contributed by atoms with E-state index in [2.05, 4.69) is 45.8 Å². The van der Waals surface area contributed by atoms with Gasteiger partial charge in [0, 0.05) is 12.7 Å². The summed E-state index contributed by atoms with van der Waals surface area (Å²) in [6.45, 7) is 4.96. The van der Waals surface area contributed by atoms with Crippen molar-refractivity contribution in [1.82, 2.24) is 25.4 Å². The Kier molecular flexibility index (Phi) is 5.75. The molecule has 6 heteroatoms. The molecule has 170 valence electrons. The molecular weight excluding hydrogens is 410 g/mol. The second-order valence-electron chi connectivity index (χ2n) is 9.38. The second kappa shape index (κ2) is 8.85. The molecule has 1 aromatic carbocycles. The van der Waals surface area contributed by atoms with Gasteiger partial charge < -0.3 is 10.6 Å². The zero-order valence-corrected chi connectivity index (χ0v) is 19.3. The van der Waals surface area contributed by atoms with Crippen molar-refractivity contribution < 1.29 is 4.79 Å². The van der Waals surface area contributed by atoms with E-state index in [1.807, 2.05) is 54.3 Å². The first-order valence-electron chi connectivity index (χ1n) is 11.9. The van der Waals surface area contributed by atoms with E-state index in [9.17, 15) is 4.79 Å². The number of benzene rings is 1. The minimum atomic E-state index is -0.103. The number of hydrogen-bond acceptors (Lipinski definition) is 3. The molecule has 0 aliphatic heterocycles. The molecule has 2 N–H and O–H groups in total. The topological polar surface area (TPSA) is 71.8 Å². The van der Waals surface area contributed by atoms with Crippen LogP contribution >= 0.6 is 0 Å². The van der Waals surface area contributed by atoms with Gasteiger partial charge in [-0.1, -0.05) is 42.8 Å². The predicted molar refractivity (Wildman–Crippen MR) is 130 cm³/mol. The Labute approximate surface area is 195 Å². The molecular formula is C27H31N5O. The zero-order chi connectivity index (χ0) is 22.8. The Morgan fingerprint density at radius 1 is 1.21 bits per heavy atom. The van der Waals surface area contributed by atoms with E-state index in [0.717, 1.165) is 36.9 Å². The lowest BCUT2D eigenvalue weighted by molar-refractivity contribution is 0.216. The van der Waals surface area contributed by atoms with E-state index in [4.69, 9.17) is 0 Å². The first-order valence-corrected chi connectivity index (χ1v) is 11.9. The highest BCUT2D eigenvalue weighted by molar-refractivity contribution is 5.74. The SMILES string of the molecule is CCNC(=O)NC(CC1CCC2=Cc3c(cnn3-c3cccnc3)CC21C)c1ccccc1. The molecule has 33 heavy (non-hydrogen) atoms. The molecule has 0 radical (unpaired) electrons. The van der Waals surface area contributed by atoms with Crippen molar-refractivity contribution in [2.75, 3.05) is 6.54 Å². The van der Waals surface area contributed by atoms with Crippen LogP contribution in [-0.4, -0.2) is 27.3 Å². The first kappa shape index (κ1) is 21.4. The third kappa shape index (κ3) is 4.06. The lowest BCUT2D eigenvalue weighted by atomic mass is 9.68. The van der Waals surface area contributed by atoms with Crippen LogP contribution in [0.4, 0.5) is 4.79 Å². The molecule has 2 aromatic heterocycles. The molecule has 3 unspecified atom stereocenters. The van der Waals surface area contributed by atoms with Crippen LogP contribution in [-0.2, 0) is 6.42 Å². The van der Waals surface area contributed by atoms with E-state index in [-0.39, 0.29) is 17.5 Å². The Bertz CT molecular complexity index is 1150. The molecule has 0 saturated heterocycles. The lowest BCUT2D eigenvalue weighted by Crippen LogP contribution is -2.40. The fraction of sp³-hybridized carbons (Fsp3) is 0.370. The highest BCUT2D eigenvalue weighted by Gasteiger charge is 2.46. The number of fused-ring (bicyclic) bond motifs is 2. The normalized spacial score (nSPS) is 22.1. The van der Waals surface area contributed by atoms with Crippen molar-refractivity contribution in [2.24, 2.45) is 11.3 Å². The van der Waals surface area contributed by atoms with Crippen molar-refractivity contribution in [1.29, 1.82) is 0 Å². The van der Waals surface area contributed by atoms with Crippen LogP contribution in [0.3, 0.4) is 0 Å². The molecule has 3 atom stereocenters. The number of carbonyl (C=O) groups is 1. The maximum Gasteiger partial charge on any atom is 0.315 e. The molecule has 2 aliphatic carbocycles. The number of allylic oxidation sites excluding steroid dienone is 1. The fourth-order valence-corrected chi connectivity index (χ4v) is 5.61. The van der Waals surface area contributed by atoms with Crippen LogP contribution in [0.25, 0.3) is 11.8 Å². The summed E-state index contributed by atoms with van der Waals surface area (Å²) >= 11 is 0. The highest BCUT2D eigenvalue weighted by atomic mass is 16.2. The number of carbonyl (C=O) groups excluding carboxylic acids is 1. The molecule has 6 nitrogen and oxygen atoms in total. The summed E-state index contributed by atoms with van der Waals surface area (Å²) in [6.07, 6.45) is 12.1. The molecule has 5 rings (SSSR count). The van der Waals surface area contributed by atoms with Gasteiger partial charge in [0.05, 0.1) is 29.8 Å². The molecule has 1 fully saturated rings. The summed E-state index contributed by atoms with van der Waals surface area (Å²) in [5.74, 6) is 0.478. The van der Waals surface area contributed by atoms with Gasteiger partial charge in [-0.15, -0.1) is 0 Å². The van der Waals surface area contributed by atoms with Gasteiger partial charge in [0.15, 0.2) is 0 Å². The zero-order valence-electron chi connectivity index (χ0n) is 19.3. The molecule has 2 aliphatic rings. The molecule has 2 heterocycles. The molecule has 2 amide bonds. The van der Waals surface area contributed by atoms with E-state index in [0.29, 0.717) is 12.5 Å². The van der Waals surface area contributed by atoms with Crippen LogP contribution < -0.4 is 10.6 Å². The molecule has 3 aromatic rings. The number of urea groups is 1. The van der Waals surface area contributed by atoms with Gasteiger partial charge in [-0.05, 0) is 73.3 Å². The average Bonchev–Trinajstić information content (AvgIpc) is 3.38. The summed E-state index contributed by atoms with van der Waals surface area (Å²) in [7, 11) is 0. The maximum atomic E-state index is 12.4. The standard InChI is InChI=1S/C27H31N5O/c1-3-29-26(33)31-24(19-8-5-4-6-9-19)14-21-11-12-22-15-25-20(16-27(21,22)2)17-30-32(25)23-10-7-13-28-18-23/h4-10,13,15,17-18,21,24H,3,11-12,14,16H2,1-2H3,(H2,29,31,33). The number of amides is 2. The third-order valence-corrected chi connectivity index (χ3v) is 7.41. The largest absolute Gasteiger partial charge is 0.338 e. The van der Waals surface area contributed by atoms with Crippen molar-refractivity contribution in [3.05, 3.63) is 83.4 Å². The third-order valence-electron chi connectivity index (χ3n) is 7.41. The number of aromatic nitrogens is 3. The van der Waals surface area contributed by atoms with E-state index in [1.54, 1.807) is 6.20 Å². The fourth-order valence-electron chi connectivity index (χ4n) is 5.61. The van der Waals surface area contributed by atoms with Gasteiger partial charge >= 0.3 is 6.03 Å². The Balaban J connectivity index is 1.41. The maximum absolute atomic E-state index is 12.4. The van der Waals surface area contributed by atoms with Gasteiger partial charge in [0.2, 0.25) is 0 Å². The Morgan fingerprint density at radius 2 is 2.06 bits per heavy atom. The number of nitrogens with one attached hydrogen (secondary N) is 2. The predicted octanol–water partition coefficient (Wildman–Crippen LogP) is 5.07. The van der Waals surface area contributed by atoms with Gasteiger partial charge in [-0.25, -0.2) is 9.48 Å². The van der Waals surface area contributed by atoms with E-state index >= 15 is 0 Å².